The summed E-state index contributed by atoms with van der Waals surface area (Å²) in [7, 11) is 0. The van der Waals surface area contributed by atoms with Crippen molar-refractivity contribution in [1.29, 1.82) is 0 Å². The van der Waals surface area contributed by atoms with Crippen molar-refractivity contribution in [3.8, 4) is 0 Å². The first-order valence-electron chi connectivity index (χ1n) is 7.16. The molecule has 0 bridgehead atoms. The summed E-state index contributed by atoms with van der Waals surface area (Å²) in [5, 5.41) is 8.48. The third-order valence-electron chi connectivity index (χ3n) is 3.07. The second-order valence-electron chi connectivity index (χ2n) is 4.78. The van der Waals surface area contributed by atoms with Crippen LogP contribution in [0.15, 0.2) is 0 Å². The Bertz CT molecular complexity index is 197. The maximum absolute atomic E-state index is 10.3. The maximum atomic E-state index is 10.3. The summed E-state index contributed by atoms with van der Waals surface area (Å²) in [6.07, 6.45) is 10.5. The van der Waals surface area contributed by atoms with E-state index in [1.807, 2.05) is 0 Å². The lowest BCUT2D eigenvalue weighted by Crippen LogP contribution is -2.18. The second-order valence-corrected chi connectivity index (χ2v) is 5.09. The SMILES string of the molecule is CCCCCCCCCCCC(CCl)OC(=O)O. The largest absolute Gasteiger partial charge is 0.506 e. The van der Waals surface area contributed by atoms with Gasteiger partial charge in [-0.05, 0) is 12.8 Å². The number of unbranched alkanes of at least 4 members (excludes halogenated alkanes) is 8. The van der Waals surface area contributed by atoms with Gasteiger partial charge in [0.1, 0.15) is 6.10 Å². The van der Waals surface area contributed by atoms with E-state index in [9.17, 15) is 4.79 Å². The molecule has 0 aliphatic rings. The van der Waals surface area contributed by atoms with E-state index in [2.05, 4.69) is 11.7 Å². The Morgan fingerprint density at radius 2 is 1.56 bits per heavy atom. The zero-order chi connectivity index (χ0) is 13.6. The molecule has 0 amide bonds. The van der Waals surface area contributed by atoms with Gasteiger partial charge in [0, 0.05) is 0 Å². The molecule has 0 fully saturated rings. The molecule has 1 N–H and O–H groups in total. The topological polar surface area (TPSA) is 46.5 Å². The molecule has 1 atom stereocenters. The molecule has 0 heterocycles. The highest BCUT2D eigenvalue weighted by molar-refractivity contribution is 6.18. The smallest absolute Gasteiger partial charge is 0.450 e. The molecule has 1 unspecified atom stereocenters. The average Bonchev–Trinajstić information content (AvgIpc) is 2.35. The van der Waals surface area contributed by atoms with Gasteiger partial charge in [-0.15, -0.1) is 11.6 Å². The van der Waals surface area contributed by atoms with Crippen LogP contribution in [0.1, 0.15) is 71.1 Å². The van der Waals surface area contributed by atoms with Gasteiger partial charge in [-0.1, -0.05) is 58.3 Å². The van der Waals surface area contributed by atoms with E-state index in [0.29, 0.717) is 0 Å². The predicted octanol–water partition coefficient (Wildman–Crippen LogP) is 5.21. The zero-order valence-corrected chi connectivity index (χ0v) is 12.3. The highest BCUT2D eigenvalue weighted by Gasteiger charge is 2.11. The lowest BCUT2D eigenvalue weighted by Gasteiger charge is -2.12. The van der Waals surface area contributed by atoms with Crippen LogP contribution >= 0.6 is 11.6 Å². The molecule has 0 aromatic rings. The van der Waals surface area contributed by atoms with E-state index in [1.165, 1.54) is 44.9 Å². The highest BCUT2D eigenvalue weighted by Crippen LogP contribution is 2.13. The van der Waals surface area contributed by atoms with Crippen molar-refractivity contribution < 1.29 is 14.6 Å². The first-order chi connectivity index (χ1) is 8.70. The van der Waals surface area contributed by atoms with E-state index >= 15 is 0 Å². The van der Waals surface area contributed by atoms with Crippen molar-refractivity contribution >= 4 is 17.8 Å². The van der Waals surface area contributed by atoms with E-state index < -0.39 is 6.16 Å². The standard InChI is InChI=1S/C14H27ClO3/c1-2-3-4-5-6-7-8-9-10-11-13(12-15)18-14(16)17/h13H,2-12H2,1H3,(H,16,17). The normalized spacial score (nSPS) is 12.3. The summed E-state index contributed by atoms with van der Waals surface area (Å²) >= 11 is 5.63. The van der Waals surface area contributed by atoms with Crippen LogP contribution in [0.2, 0.25) is 0 Å². The molecule has 3 nitrogen and oxygen atoms in total. The molecule has 0 aromatic heterocycles. The lowest BCUT2D eigenvalue weighted by molar-refractivity contribution is 0.0560. The Kier molecular flexibility index (Phi) is 12.7. The molecule has 18 heavy (non-hydrogen) atoms. The van der Waals surface area contributed by atoms with Crippen LogP contribution in [0.5, 0.6) is 0 Å². The van der Waals surface area contributed by atoms with Gasteiger partial charge in [-0.3, -0.25) is 0 Å². The predicted molar refractivity (Wildman–Crippen MR) is 75.5 cm³/mol. The Morgan fingerprint density at radius 1 is 1.06 bits per heavy atom. The molecule has 0 saturated carbocycles. The lowest BCUT2D eigenvalue weighted by atomic mass is 10.1. The molecule has 0 aromatic carbocycles. The van der Waals surface area contributed by atoms with Crippen molar-refractivity contribution in [3.63, 3.8) is 0 Å². The summed E-state index contributed by atoms with van der Waals surface area (Å²) < 4.78 is 4.66. The van der Waals surface area contributed by atoms with Crippen molar-refractivity contribution in [2.75, 3.05) is 5.88 Å². The molecule has 0 aliphatic carbocycles. The van der Waals surface area contributed by atoms with Crippen LogP contribution < -0.4 is 0 Å². The number of halogens is 1. The summed E-state index contributed by atoms with van der Waals surface area (Å²) in [6.45, 7) is 2.23. The second kappa shape index (κ2) is 13.0. The number of carbonyl (C=O) groups is 1. The maximum Gasteiger partial charge on any atom is 0.506 e. The Labute approximate surface area is 116 Å². The monoisotopic (exact) mass is 278 g/mol. The van der Waals surface area contributed by atoms with Crippen LogP contribution in [-0.2, 0) is 4.74 Å². The van der Waals surface area contributed by atoms with E-state index in [0.717, 1.165) is 19.3 Å². The first-order valence-corrected chi connectivity index (χ1v) is 7.69. The Morgan fingerprint density at radius 3 is 2.00 bits per heavy atom. The molecule has 4 heteroatoms. The van der Waals surface area contributed by atoms with Gasteiger partial charge in [0.05, 0.1) is 5.88 Å². The van der Waals surface area contributed by atoms with Gasteiger partial charge < -0.3 is 9.84 Å². The zero-order valence-electron chi connectivity index (χ0n) is 11.5. The fraction of sp³-hybridized carbons (Fsp3) is 0.929. The van der Waals surface area contributed by atoms with Crippen LogP contribution in [0.25, 0.3) is 0 Å². The summed E-state index contributed by atoms with van der Waals surface area (Å²) in [5.41, 5.74) is 0. The van der Waals surface area contributed by atoms with Gasteiger partial charge in [-0.2, -0.15) is 0 Å². The molecule has 108 valence electrons. The number of hydrogen-bond acceptors (Lipinski definition) is 2. The minimum absolute atomic E-state index is 0.253. The Hall–Kier alpha value is -0.440. The van der Waals surface area contributed by atoms with Crippen molar-refractivity contribution in [1.82, 2.24) is 0 Å². The van der Waals surface area contributed by atoms with Gasteiger partial charge in [0.2, 0.25) is 0 Å². The fourth-order valence-corrected chi connectivity index (χ4v) is 2.21. The number of carboxylic acid groups (broad SMARTS) is 1. The quantitative estimate of drug-likeness (QED) is 0.303. The summed E-state index contributed by atoms with van der Waals surface area (Å²) in [4.78, 5) is 10.3. The van der Waals surface area contributed by atoms with Crippen molar-refractivity contribution in [3.05, 3.63) is 0 Å². The Balaban J connectivity index is 3.25. The molecule has 0 saturated heterocycles. The number of hydrogen-bond donors (Lipinski definition) is 1. The van der Waals surface area contributed by atoms with Crippen molar-refractivity contribution in [2.45, 2.75) is 77.2 Å². The minimum Gasteiger partial charge on any atom is -0.450 e. The van der Waals surface area contributed by atoms with Gasteiger partial charge in [0.25, 0.3) is 0 Å². The van der Waals surface area contributed by atoms with E-state index in [1.54, 1.807) is 0 Å². The number of ether oxygens (including phenoxy) is 1. The summed E-state index contributed by atoms with van der Waals surface area (Å²) in [6, 6.07) is 0. The molecule has 0 rings (SSSR count). The fourth-order valence-electron chi connectivity index (χ4n) is 1.99. The molecule has 0 spiro atoms. The average molecular weight is 279 g/mol. The van der Waals surface area contributed by atoms with Gasteiger partial charge >= 0.3 is 6.16 Å². The van der Waals surface area contributed by atoms with E-state index in [4.69, 9.17) is 16.7 Å². The van der Waals surface area contributed by atoms with E-state index in [-0.39, 0.29) is 12.0 Å². The third-order valence-corrected chi connectivity index (χ3v) is 3.41. The van der Waals surface area contributed by atoms with Crippen LogP contribution in [-0.4, -0.2) is 23.2 Å². The van der Waals surface area contributed by atoms with Crippen LogP contribution in [0.3, 0.4) is 0 Å². The molecular formula is C14H27ClO3. The molecular weight excluding hydrogens is 252 g/mol. The number of rotatable bonds is 12. The van der Waals surface area contributed by atoms with Gasteiger partial charge in [-0.25, -0.2) is 4.79 Å². The molecule has 0 radical (unpaired) electrons. The van der Waals surface area contributed by atoms with Crippen LogP contribution in [0.4, 0.5) is 4.79 Å². The first kappa shape index (κ1) is 17.6. The highest BCUT2D eigenvalue weighted by atomic mass is 35.5. The third kappa shape index (κ3) is 12.0. The van der Waals surface area contributed by atoms with Crippen LogP contribution in [0, 0.1) is 0 Å². The molecule has 0 aliphatic heterocycles. The van der Waals surface area contributed by atoms with Gasteiger partial charge in [0.15, 0.2) is 0 Å². The number of alkyl halides is 1. The summed E-state index contributed by atoms with van der Waals surface area (Å²) in [5.74, 6) is 0.253. The van der Waals surface area contributed by atoms with Crippen molar-refractivity contribution in [2.24, 2.45) is 0 Å². The minimum atomic E-state index is -1.23.